The van der Waals surface area contributed by atoms with Gasteiger partial charge in [0.05, 0.1) is 12.3 Å². The van der Waals surface area contributed by atoms with Gasteiger partial charge in [0.15, 0.2) is 0 Å². The summed E-state index contributed by atoms with van der Waals surface area (Å²) >= 11 is 0. The molecule has 1 aromatic heterocycles. The SMILES string of the molecule is Cc1oc(-c2ccccc2)nc1CCOc1ccc(C[C@H](NCc2ccccc2F)C(=O)O)cc1. The number of benzene rings is 3. The topological polar surface area (TPSA) is 84.6 Å². The zero-order chi connectivity index (χ0) is 24.6. The second kappa shape index (κ2) is 11.4. The van der Waals surface area contributed by atoms with Crippen LogP contribution < -0.4 is 10.1 Å². The molecule has 7 heteroatoms. The van der Waals surface area contributed by atoms with Crippen LogP contribution in [0.5, 0.6) is 5.75 Å². The number of carboxylic acid groups (broad SMARTS) is 1. The molecule has 180 valence electrons. The summed E-state index contributed by atoms with van der Waals surface area (Å²) in [5.41, 5.74) is 3.05. The number of nitrogens with zero attached hydrogens (tertiary/aromatic N) is 1. The molecule has 4 rings (SSSR count). The van der Waals surface area contributed by atoms with Gasteiger partial charge in [0, 0.05) is 24.1 Å². The monoisotopic (exact) mass is 474 g/mol. The average Bonchev–Trinajstić information content (AvgIpc) is 3.24. The molecule has 0 saturated carbocycles. The number of hydrogen-bond acceptors (Lipinski definition) is 5. The van der Waals surface area contributed by atoms with E-state index in [4.69, 9.17) is 9.15 Å². The van der Waals surface area contributed by atoms with Gasteiger partial charge in [0.25, 0.3) is 0 Å². The molecule has 0 aliphatic carbocycles. The first-order valence-electron chi connectivity index (χ1n) is 11.4. The normalized spacial score (nSPS) is 11.8. The van der Waals surface area contributed by atoms with Crippen molar-refractivity contribution in [1.29, 1.82) is 0 Å². The molecule has 0 bridgehead atoms. The largest absolute Gasteiger partial charge is 0.493 e. The van der Waals surface area contributed by atoms with Crippen molar-refractivity contribution in [2.24, 2.45) is 0 Å². The molecule has 35 heavy (non-hydrogen) atoms. The van der Waals surface area contributed by atoms with Crippen molar-refractivity contribution in [2.45, 2.75) is 32.4 Å². The van der Waals surface area contributed by atoms with Gasteiger partial charge in [-0.05, 0) is 49.2 Å². The van der Waals surface area contributed by atoms with E-state index in [0.29, 0.717) is 30.2 Å². The molecule has 4 aromatic rings. The molecule has 0 aliphatic heterocycles. The van der Waals surface area contributed by atoms with Crippen molar-refractivity contribution in [3.05, 3.63) is 107 Å². The summed E-state index contributed by atoms with van der Waals surface area (Å²) < 4.78 is 25.5. The number of carboxylic acids is 1. The lowest BCUT2D eigenvalue weighted by molar-refractivity contribution is -0.139. The maximum atomic E-state index is 13.8. The van der Waals surface area contributed by atoms with Crippen molar-refractivity contribution in [3.63, 3.8) is 0 Å². The maximum absolute atomic E-state index is 13.8. The molecule has 3 aromatic carbocycles. The van der Waals surface area contributed by atoms with E-state index in [0.717, 1.165) is 22.6 Å². The van der Waals surface area contributed by atoms with Gasteiger partial charge >= 0.3 is 5.97 Å². The van der Waals surface area contributed by atoms with E-state index < -0.39 is 12.0 Å². The summed E-state index contributed by atoms with van der Waals surface area (Å²) in [5, 5.41) is 12.5. The lowest BCUT2D eigenvalue weighted by Gasteiger charge is -2.15. The Bertz CT molecular complexity index is 1260. The molecular formula is C28H27FN2O4. The lowest BCUT2D eigenvalue weighted by Crippen LogP contribution is -2.38. The molecule has 0 spiro atoms. The number of nitrogens with one attached hydrogen (secondary N) is 1. The van der Waals surface area contributed by atoms with E-state index in [1.807, 2.05) is 61.5 Å². The summed E-state index contributed by atoms with van der Waals surface area (Å²) in [6, 6.07) is 22.5. The molecular weight excluding hydrogens is 447 g/mol. The minimum atomic E-state index is -0.987. The van der Waals surface area contributed by atoms with Crippen LogP contribution in [0.4, 0.5) is 4.39 Å². The molecule has 2 N–H and O–H groups in total. The van der Waals surface area contributed by atoms with Crippen LogP contribution in [0, 0.1) is 12.7 Å². The van der Waals surface area contributed by atoms with Gasteiger partial charge in [-0.1, -0.05) is 48.5 Å². The first kappa shape index (κ1) is 24.2. The fraction of sp³-hybridized carbons (Fsp3) is 0.214. The zero-order valence-corrected chi connectivity index (χ0v) is 19.4. The second-order valence-electron chi connectivity index (χ2n) is 8.20. The van der Waals surface area contributed by atoms with Crippen LogP contribution in [0.25, 0.3) is 11.5 Å². The van der Waals surface area contributed by atoms with E-state index in [2.05, 4.69) is 10.3 Å². The predicted octanol–water partition coefficient (Wildman–Crippen LogP) is 5.20. The number of oxazole rings is 1. The highest BCUT2D eigenvalue weighted by Crippen LogP contribution is 2.22. The molecule has 0 aliphatic rings. The molecule has 0 radical (unpaired) electrons. The van der Waals surface area contributed by atoms with E-state index in [-0.39, 0.29) is 18.8 Å². The van der Waals surface area contributed by atoms with Crippen molar-refractivity contribution in [3.8, 4) is 17.2 Å². The van der Waals surface area contributed by atoms with Gasteiger partial charge in [0.2, 0.25) is 5.89 Å². The summed E-state index contributed by atoms with van der Waals surface area (Å²) in [5.74, 6) is 0.705. The van der Waals surface area contributed by atoms with Crippen LogP contribution in [-0.4, -0.2) is 28.7 Å². The Hall–Kier alpha value is -3.97. The number of aliphatic carboxylic acids is 1. The third-order valence-corrected chi connectivity index (χ3v) is 5.68. The number of ether oxygens (including phenoxy) is 1. The number of aromatic nitrogens is 1. The van der Waals surface area contributed by atoms with Crippen LogP contribution in [0.15, 0.2) is 83.3 Å². The van der Waals surface area contributed by atoms with E-state index >= 15 is 0 Å². The molecule has 0 amide bonds. The van der Waals surface area contributed by atoms with Crippen LogP contribution >= 0.6 is 0 Å². The van der Waals surface area contributed by atoms with Crippen LogP contribution in [0.1, 0.15) is 22.6 Å². The molecule has 0 fully saturated rings. The Balaban J connectivity index is 1.29. The minimum Gasteiger partial charge on any atom is -0.493 e. The Morgan fingerprint density at radius 1 is 1.06 bits per heavy atom. The lowest BCUT2D eigenvalue weighted by atomic mass is 10.1. The number of carbonyl (C=O) groups is 1. The van der Waals surface area contributed by atoms with Gasteiger partial charge in [-0.2, -0.15) is 0 Å². The summed E-state index contributed by atoms with van der Waals surface area (Å²) in [6.45, 7) is 2.46. The zero-order valence-electron chi connectivity index (χ0n) is 19.4. The quantitative estimate of drug-likeness (QED) is 0.311. The van der Waals surface area contributed by atoms with Crippen LogP contribution in [0.2, 0.25) is 0 Å². The molecule has 0 unspecified atom stereocenters. The van der Waals surface area contributed by atoms with Crippen molar-refractivity contribution >= 4 is 5.97 Å². The van der Waals surface area contributed by atoms with Gasteiger partial charge in [-0.15, -0.1) is 0 Å². The Morgan fingerprint density at radius 2 is 1.77 bits per heavy atom. The Kier molecular flexibility index (Phi) is 7.90. The van der Waals surface area contributed by atoms with Crippen LogP contribution in [0.3, 0.4) is 0 Å². The predicted molar refractivity (Wildman–Crippen MR) is 131 cm³/mol. The van der Waals surface area contributed by atoms with E-state index in [9.17, 15) is 14.3 Å². The smallest absolute Gasteiger partial charge is 0.321 e. The number of rotatable bonds is 11. The standard InChI is InChI=1S/C28H27FN2O4/c1-19-25(31-27(35-19)21-7-3-2-4-8-21)15-16-34-23-13-11-20(12-14-23)17-26(28(32)33)30-18-22-9-5-6-10-24(22)29/h2-14,26,30H,15-18H2,1H3,(H,32,33)/t26-/m0/s1. The summed E-state index contributed by atoms with van der Waals surface area (Å²) in [7, 11) is 0. The second-order valence-corrected chi connectivity index (χ2v) is 8.20. The number of hydrogen-bond donors (Lipinski definition) is 2. The average molecular weight is 475 g/mol. The fourth-order valence-electron chi connectivity index (χ4n) is 3.71. The van der Waals surface area contributed by atoms with Gasteiger partial charge in [0.1, 0.15) is 23.4 Å². The van der Waals surface area contributed by atoms with E-state index in [1.54, 1.807) is 18.2 Å². The van der Waals surface area contributed by atoms with Gasteiger partial charge < -0.3 is 14.3 Å². The summed E-state index contributed by atoms with van der Waals surface area (Å²) in [4.78, 5) is 16.3. The Labute approximate surface area is 203 Å². The minimum absolute atomic E-state index is 0.137. The summed E-state index contributed by atoms with van der Waals surface area (Å²) in [6.07, 6.45) is 0.870. The fourth-order valence-corrected chi connectivity index (χ4v) is 3.71. The third kappa shape index (κ3) is 6.55. The highest BCUT2D eigenvalue weighted by atomic mass is 19.1. The first-order chi connectivity index (χ1) is 17.0. The van der Waals surface area contributed by atoms with Crippen molar-refractivity contribution in [1.82, 2.24) is 10.3 Å². The molecule has 1 heterocycles. The third-order valence-electron chi connectivity index (χ3n) is 5.68. The van der Waals surface area contributed by atoms with Crippen molar-refractivity contribution < 1.29 is 23.4 Å². The Morgan fingerprint density at radius 3 is 2.49 bits per heavy atom. The van der Waals surface area contributed by atoms with E-state index in [1.165, 1.54) is 6.07 Å². The highest BCUT2D eigenvalue weighted by Gasteiger charge is 2.18. The molecule has 6 nitrogen and oxygen atoms in total. The number of halogens is 1. The van der Waals surface area contributed by atoms with Crippen molar-refractivity contribution in [2.75, 3.05) is 6.61 Å². The highest BCUT2D eigenvalue weighted by molar-refractivity contribution is 5.74. The molecule has 0 saturated heterocycles. The van der Waals surface area contributed by atoms with Gasteiger partial charge in [-0.25, -0.2) is 9.37 Å². The maximum Gasteiger partial charge on any atom is 0.321 e. The van der Waals surface area contributed by atoms with Crippen LogP contribution in [-0.2, 0) is 24.2 Å². The first-order valence-corrected chi connectivity index (χ1v) is 11.4. The van der Waals surface area contributed by atoms with Gasteiger partial charge in [-0.3, -0.25) is 10.1 Å². The molecule has 1 atom stereocenters. The number of aryl methyl sites for hydroxylation is 1.